The third kappa shape index (κ3) is 3.00. The second kappa shape index (κ2) is 6.21. The van der Waals surface area contributed by atoms with Gasteiger partial charge < -0.3 is 14.1 Å². The van der Waals surface area contributed by atoms with Crippen LogP contribution in [0.25, 0.3) is 6.08 Å². The van der Waals surface area contributed by atoms with Crippen LogP contribution in [0.15, 0.2) is 21.5 Å². The summed E-state index contributed by atoms with van der Waals surface area (Å²) in [6.45, 7) is 5.59. The average molecular weight is 324 g/mol. The number of furan rings is 1. The summed E-state index contributed by atoms with van der Waals surface area (Å²) in [5.74, 6) is 1.44. The van der Waals surface area contributed by atoms with E-state index in [-0.39, 0.29) is 5.91 Å². The van der Waals surface area contributed by atoms with Crippen LogP contribution in [-0.4, -0.2) is 48.0 Å². The smallest absolute Gasteiger partial charge is 0.266 e. The number of likely N-dealkylation sites (N-methyl/N-ethyl adjacent to an activating group) is 1. The highest BCUT2D eigenvalue weighted by Crippen LogP contribution is 2.33. The third-order valence-corrected chi connectivity index (χ3v) is 4.78. The number of ether oxygens (including phenoxy) is 1. The Balaban J connectivity index is 1.76. The lowest BCUT2D eigenvalue weighted by atomic mass is 10.3. The third-order valence-electron chi connectivity index (χ3n) is 3.40. The topological polar surface area (TPSA) is 45.9 Å². The molecule has 21 heavy (non-hydrogen) atoms. The molecule has 2 aliphatic rings. The Kier molecular flexibility index (Phi) is 4.32. The lowest BCUT2D eigenvalue weighted by molar-refractivity contribution is -0.121. The number of hydrogen-bond donors (Lipinski definition) is 0. The van der Waals surface area contributed by atoms with E-state index >= 15 is 0 Å². The fourth-order valence-electron chi connectivity index (χ4n) is 2.28. The van der Waals surface area contributed by atoms with E-state index in [1.165, 1.54) is 11.8 Å². The number of thiocarbonyl (C=S) groups is 1. The lowest BCUT2D eigenvalue weighted by Crippen LogP contribution is -2.35. The van der Waals surface area contributed by atoms with Crippen LogP contribution < -0.4 is 4.90 Å². The monoisotopic (exact) mass is 324 g/mol. The summed E-state index contributed by atoms with van der Waals surface area (Å²) < 4.78 is 11.7. The van der Waals surface area contributed by atoms with Crippen molar-refractivity contribution < 1.29 is 13.9 Å². The largest absolute Gasteiger partial charge is 0.441 e. The molecule has 3 heterocycles. The Hall–Kier alpha value is -1.31. The maximum absolute atomic E-state index is 12.1. The highest BCUT2D eigenvalue weighted by molar-refractivity contribution is 8.26. The average Bonchev–Trinajstić information content (AvgIpc) is 3.06. The molecule has 0 aliphatic carbocycles. The van der Waals surface area contributed by atoms with Crippen LogP contribution in [0, 0.1) is 0 Å². The Labute approximate surface area is 132 Å². The van der Waals surface area contributed by atoms with Crippen LogP contribution in [0.3, 0.4) is 0 Å². The first-order valence-corrected chi connectivity index (χ1v) is 8.09. The fourth-order valence-corrected chi connectivity index (χ4v) is 3.64. The van der Waals surface area contributed by atoms with Gasteiger partial charge in [-0.1, -0.05) is 24.0 Å². The summed E-state index contributed by atoms with van der Waals surface area (Å²) in [5.41, 5.74) is 0. The van der Waals surface area contributed by atoms with Gasteiger partial charge in [0.25, 0.3) is 5.91 Å². The summed E-state index contributed by atoms with van der Waals surface area (Å²) in [6.07, 6.45) is 1.76. The van der Waals surface area contributed by atoms with Crippen molar-refractivity contribution in [1.82, 2.24) is 4.90 Å². The number of morpholine rings is 1. The zero-order chi connectivity index (χ0) is 14.8. The first kappa shape index (κ1) is 14.6. The van der Waals surface area contributed by atoms with E-state index in [1.54, 1.807) is 11.0 Å². The van der Waals surface area contributed by atoms with Crippen molar-refractivity contribution in [3.05, 3.63) is 22.8 Å². The van der Waals surface area contributed by atoms with Crippen LogP contribution in [0.5, 0.6) is 0 Å². The molecule has 2 aliphatic heterocycles. The molecule has 7 heteroatoms. The van der Waals surface area contributed by atoms with E-state index in [0.29, 0.717) is 34.7 Å². The van der Waals surface area contributed by atoms with Crippen LogP contribution in [0.1, 0.15) is 12.7 Å². The molecule has 0 atom stereocenters. The molecule has 0 spiro atoms. The first-order valence-electron chi connectivity index (χ1n) is 6.87. The number of carbonyl (C=O) groups is 1. The van der Waals surface area contributed by atoms with Crippen LogP contribution in [-0.2, 0) is 9.53 Å². The van der Waals surface area contributed by atoms with Gasteiger partial charge in [0.1, 0.15) is 10.1 Å². The van der Waals surface area contributed by atoms with E-state index in [4.69, 9.17) is 21.4 Å². The highest BCUT2D eigenvalue weighted by Gasteiger charge is 2.30. The van der Waals surface area contributed by atoms with Gasteiger partial charge in [0.15, 0.2) is 5.88 Å². The van der Waals surface area contributed by atoms with Gasteiger partial charge in [-0.15, -0.1) is 0 Å². The molecule has 1 amide bonds. The predicted molar refractivity (Wildman–Crippen MR) is 87.3 cm³/mol. The predicted octanol–water partition coefficient (Wildman–Crippen LogP) is 2.34. The van der Waals surface area contributed by atoms with E-state index in [1.807, 2.05) is 19.1 Å². The second-order valence-electron chi connectivity index (χ2n) is 4.70. The maximum atomic E-state index is 12.1. The van der Waals surface area contributed by atoms with Gasteiger partial charge in [-0.05, 0) is 13.0 Å². The molecule has 0 saturated carbocycles. The summed E-state index contributed by atoms with van der Waals surface area (Å²) in [7, 11) is 0. The van der Waals surface area contributed by atoms with Crippen molar-refractivity contribution in [3.8, 4) is 0 Å². The summed E-state index contributed by atoms with van der Waals surface area (Å²) in [5, 5.41) is 0. The second-order valence-corrected chi connectivity index (χ2v) is 6.38. The molecule has 0 aromatic carbocycles. The van der Waals surface area contributed by atoms with Crippen molar-refractivity contribution in [2.45, 2.75) is 6.92 Å². The molecule has 0 bridgehead atoms. The van der Waals surface area contributed by atoms with E-state index < -0.39 is 0 Å². The molecule has 0 radical (unpaired) electrons. The molecular formula is C14H16N2O3S2. The zero-order valence-corrected chi connectivity index (χ0v) is 13.3. The van der Waals surface area contributed by atoms with Crippen molar-refractivity contribution in [3.63, 3.8) is 0 Å². The summed E-state index contributed by atoms with van der Waals surface area (Å²) in [6, 6.07) is 3.81. The Morgan fingerprint density at radius 1 is 1.38 bits per heavy atom. The summed E-state index contributed by atoms with van der Waals surface area (Å²) >= 11 is 6.51. The fraction of sp³-hybridized carbons (Fsp3) is 0.429. The minimum absolute atomic E-state index is 0.0446. The van der Waals surface area contributed by atoms with Crippen molar-refractivity contribution in [2.75, 3.05) is 37.7 Å². The van der Waals surface area contributed by atoms with Gasteiger partial charge in [-0.2, -0.15) is 0 Å². The maximum Gasteiger partial charge on any atom is 0.266 e. The first-order chi connectivity index (χ1) is 10.2. The van der Waals surface area contributed by atoms with Gasteiger partial charge >= 0.3 is 0 Å². The molecule has 2 saturated heterocycles. The molecule has 0 N–H and O–H groups in total. The number of carbonyl (C=O) groups excluding carboxylic acids is 1. The number of rotatable bonds is 3. The molecule has 1 aromatic heterocycles. The van der Waals surface area contributed by atoms with E-state index in [0.717, 1.165) is 19.0 Å². The zero-order valence-electron chi connectivity index (χ0n) is 11.7. The van der Waals surface area contributed by atoms with Crippen LogP contribution >= 0.6 is 24.0 Å². The lowest BCUT2D eigenvalue weighted by Gasteiger charge is -2.26. The number of anilines is 1. The molecule has 2 fully saturated rings. The number of amides is 1. The van der Waals surface area contributed by atoms with E-state index in [9.17, 15) is 4.79 Å². The molecule has 3 rings (SSSR count). The van der Waals surface area contributed by atoms with Crippen molar-refractivity contribution >= 4 is 46.2 Å². The Bertz CT molecular complexity index is 591. The minimum Gasteiger partial charge on any atom is -0.441 e. The van der Waals surface area contributed by atoms with Crippen LogP contribution in [0.4, 0.5) is 5.88 Å². The van der Waals surface area contributed by atoms with Crippen molar-refractivity contribution in [1.29, 1.82) is 0 Å². The quantitative estimate of drug-likeness (QED) is 0.628. The highest BCUT2D eigenvalue weighted by atomic mass is 32.2. The van der Waals surface area contributed by atoms with Crippen molar-refractivity contribution in [2.24, 2.45) is 0 Å². The van der Waals surface area contributed by atoms with Gasteiger partial charge in [-0.3, -0.25) is 9.69 Å². The van der Waals surface area contributed by atoms with Gasteiger partial charge in [0.05, 0.1) is 18.1 Å². The Morgan fingerprint density at radius 2 is 2.14 bits per heavy atom. The molecular weight excluding hydrogens is 308 g/mol. The van der Waals surface area contributed by atoms with Gasteiger partial charge in [0, 0.05) is 31.8 Å². The Morgan fingerprint density at radius 3 is 2.81 bits per heavy atom. The molecule has 1 aromatic rings. The molecule has 112 valence electrons. The summed E-state index contributed by atoms with van der Waals surface area (Å²) in [4.78, 5) is 16.5. The normalized spacial score (nSPS) is 21.7. The number of thioether (sulfide) groups is 1. The minimum atomic E-state index is -0.0446. The standard InChI is InChI=1S/C14H16N2O3S2/c1-2-16-13(17)11(21-14(16)20)9-10-3-4-12(19-10)15-5-7-18-8-6-15/h3-4,9H,2,5-8H2,1H3. The number of hydrogen-bond acceptors (Lipinski definition) is 6. The van der Waals surface area contributed by atoms with E-state index in [2.05, 4.69) is 4.90 Å². The van der Waals surface area contributed by atoms with Crippen LogP contribution in [0.2, 0.25) is 0 Å². The van der Waals surface area contributed by atoms with Gasteiger partial charge in [-0.25, -0.2) is 0 Å². The molecule has 0 unspecified atom stereocenters. The SMILES string of the molecule is CCN1C(=O)C(=Cc2ccc(N3CCOCC3)o2)SC1=S. The molecule has 5 nitrogen and oxygen atoms in total. The number of nitrogens with zero attached hydrogens (tertiary/aromatic N) is 2. The van der Waals surface area contributed by atoms with Gasteiger partial charge in [0.2, 0.25) is 0 Å².